The summed E-state index contributed by atoms with van der Waals surface area (Å²) in [4.78, 5) is 21.5. The van der Waals surface area contributed by atoms with E-state index in [1.807, 2.05) is 25.7 Å². The molecule has 19 heavy (non-hydrogen) atoms. The lowest BCUT2D eigenvalue weighted by atomic mass is 9.99. The Bertz CT molecular complexity index is 464. The number of carbonyl (C=O) groups is 1. The van der Waals surface area contributed by atoms with Crippen LogP contribution in [0.25, 0.3) is 0 Å². The van der Waals surface area contributed by atoms with Gasteiger partial charge in [0, 0.05) is 13.1 Å². The van der Waals surface area contributed by atoms with Crippen molar-refractivity contribution in [3.63, 3.8) is 0 Å². The molecule has 1 fully saturated rings. The predicted molar refractivity (Wildman–Crippen MR) is 70.3 cm³/mol. The van der Waals surface area contributed by atoms with Crippen LogP contribution < -0.4 is 9.64 Å². The van der Waals surface area contributed by atoms with E-state index in [0.717, 1.165) is 0 Å². The third kappa shape index (κ3) is 3.13. The summed E-state index contributed by atoms with van der Waals surface area (Å²) in [6.45, 7) is 6.94. The number of aromatic nitrogens is 2. The van der Waals surface area contributed by atoms with Gasteiger partial charge >= 0.3 is 5.97 Å². The second-order valence-electron chi connectivity index (χ2n) is 5.21. The molecule has 6 heteroatoms. The monoisotopic (exact) mass is 265 g/mol. The Balaban J connectivity index is 2.13. The van der Waals surface area contributed by atoms with Crippen LogP contribution in [0.4, 0.5) is 5.82 Å². The fraction of sp³-hybridized carbons (Fsp3) is 0.615. The zero-order valence-electron chi connectivity index (χ0n) is 11.4. The molecule has 1 aromatic heterocycles. The van der Waals surface area contributed by atoms with Crippen molar-refractivity contribution >= 4 is 11.8 Å². The van der Waals surface area contributed by atoms with E-state index in [1.54, 1.807) is 12.4 Å². The van der Waals surface area contributed by atoms with Gasteiger partial charge in [-0.05, 0) is 19.8 Å². The molecule has 104 valence electrons. The van der Waals surface area contributed by atoms with Crippen LogP contribution in [0.2, 0.25) is 0 Å². The molecule has 0 bridgehead atoms. The number of rotatable bonds is 4. The van der Waals surface area contributed by atoms with Gasteiger partial charge in [0.25, 0.3) is 0 Å². The van der Waals surface area contributed by atoms with Crippen LogP contribution >= 0.6 is 0 Å². The molecule has 2 atom stereocenters. The van der Waals surface area contributed by atoms with Gasteiger partial charge in [-0.3, -0.25) is 9.78 Å². The lowest BCUT2D eigenvalue weighted by Crippen LogP contribution is -2.24. The number of ether oxygens (including phenoxy) is 1. The standard InChI is InChI=1S/C13H19N3O3/c1-8(2)19-12-5-14-4-11(15-12)16-6-9(3)10(7-16)13(17)18/h4-5,8-10H,6-7H2,1-3H3,(H,17,18)/t9-,10-/m1/s1. The van der Waals surface area contributed by atoms with E-state index in [9.17, 15) is 4.79 Å². The number of hydrogen-bond acceptors (Lipinski definition) is 5. The van der Waals surface area contributed by atoms with Crippen molar-refractivity contribution < 1.29 is 14.6 Å². The van der Waals surface area contributed by atoms with Crippen LogP contribution in [0, 0.1) is 11.8 Å². The Labute approximate surface area is 112 Å². The van der Waals surface area contributed by atoms with E-state index in [1.165, 1.54) is 0 Å². The number of aliphatic carboxylic acids is 1. The molecule has 1 aliphatic rings. The lowest BCUT2D eigenvalue weighted by molar-refractivity contribution is -0.142. The number of anilines is 1. The van der Waals surface area contributed by atoms with Crippen molar-refractivity contribution in [2.24, 2.45) is 11.8 Å². The highest BCUT2D eigenvalue weighted by molar-refractivity contribution is 5.72. The maximum atomic E-state index is 11.1. The van der Waals surface area contributed by atoms with E-state index >= 15 is 0 Å². The maximum absolute atomic E-state index is 11.1. The van der Waals surface area contributed by atoms with Gasteiger partial charge in [-0.2, -0.15) is 4.98 Å². The van der Waals surface area contributed by atoms with Crippen LogP contribution in [0.15, 0.2) is 12.4 Å². The van der Waals surface area contributed by atoms with E-state index in [-0.39, 0.29) is 17.9 Å². The number of hydrogen-bond donors (Lipinski definition) is 1. The molecule has 1 saturated heterocycles. The zero-order chi connectivity index (χ0) is 14.0. The highest BCUT2D eigenvalue weighted by atomic mass is 16.5. The summed E-state index contributed by atoms with van der Waals surface area (Å²) in [5, 5.41) is 9.13. The number of nitrogens with zero attached hydrogens (tertiary/aromatic N) is 3. The first-order valence-electron chi connectivity index (χ1n) is 6.44. The summed E-state index contributed by atoms with van der Waals surface area (Å²) in [6, 6.07) is 0. The average molecular weight is 265 g/mol. The molecule has 1 aromatic rings. The summed E-state index contributed by atoms with van der Waals surface area (Å²) in [6.07, 6.45) is 3.25. The fourth-order valence-electron chi connectivity index (χ4n) is 2.26. The Morgan fingerprint density at radius 1 is 1.47 bits per heavy atom. The largest absolute Gasteiger partial charge is 0.481 e. The van der Waals surface area contributed by atoms with Gasteiger partial charge in [-0.25, -0.2) is 0 Å². The number of carboxylic acid groups (broad SMARTS) is 1. The van der Waals surface area contributed by atoms with Gasteiger partial charge in [0.15, 0.2) is 5.82 Å². The molecular weight excluding hydrogens is 246 g/mol. The zero-order valence-corrected chi connectivity index (χ0v) is 11.4. The highest BCUT2D eigenvalue weighted by Gasteiger charge is 2.35. The quantitative estimate of drug-likeness (QED) is 0.887. The Morgan fingerprint density at radius 2 is 2.21 bits per heavy atom. The molecule has 6 nitrogen and oxygen atoms in total. The molecule has 0 unspecified atom stereocenters. The van der Waals surface area contributed by atoms with Crippen molar-refractivity contribution in [1.29, 1.82) is 0 Å². The number of carboxylic acids is 1. The predicted octanol–water partition coefficient (Wildman–Crippen LogP) is 1.42. The molecule has 0 saturated carbocycles. The summed E-state index contributed by atoms with van der Waals surface area (Å²) < 4.78 is 5.50. The molecule has 1 N–H and O–H groups in total. The molecule has 0 amide bonds. The first-order chi connectivity index (χ1) is 8.97. The third-order valence-electron chi connectivity index (χ3n) is 3.21. The minimum absolute atomic E-state index is 0.0359. The fourth-order valence-corrected chi connectivity index (χ4v) is 2.26. The van der Waals surface area contributed by atoms with Gasteiger partial charge in [0.2, 0.25) is 5.88 Å². The SMILES string of the molecule is CC(C)Oc1cncc(N2C[C@@H](C)[C@H](C(=O)O)C2)n1. The lowest BCUT2D eigenvalue weighted by Gasteiger charge is -2.17. The highest BCUT2D eigenvalue weighted by Crippen LogP contribution is 2.27. The molecule has 2 heterocycles. The van der Waals surface area contributed by atoms with E-state index < -0.39 is 5.97 Å². The molecule has 1 aliphatic heterocycles. The first-order valence-corrected chi connectivity index (χ1v) is 6.44. The summed E-state index contributed by atoms with van der Waals surface area (Å²) in [7, 11) is 0. The minimum atomic E-state index is -0.752. The van der Waals surface area contributed by atoms with Gasteiger partial charge in [0.1, 0.15) is 0 Å². The molecule has 2 rings (SSSR count). The second-order valence-corrected chi connectivity index (χ2v) is 5.21. The van der Waals surface area contributed by atoms with E-state index in [0.29, 0.717) is 24.8 Å². The Hall–Kier alpha value is -1.85. The molecule has 0 aromatic carbocycles. The normalized spacial score (nSPS) is 22.8. The first kappa shape index (κ1) is 13.6. The van der Waals surface area contributed by atoms with Crippen LogP contribution in [-0.2, 0) is 4.79 Å². The van der Waals surface area contributed by atoms with Gasteiger partial charge in [0.05, 0.1) is 24.4 Å². The second kappa shape index (κ2) is 5.42. The van der Waals surface area contributed by atoms with Crippen molar-refractivity contribution in [1.82, 2.24) is 9.97 Å². The van der Waals surface area contributed by atoms with Gasteiger partial charge in [-0.1, -0.05) is 6.92 Å². The molecular formula is C13H19N3O3. The van der Waals surface area contributed by atoms with E-state index in [2.05, 4.69) is 9.97 Å². The Morgan fingerprint density at radius 3 is 2.79 bits per heavy atom. The van der Waals surface area contributed by atoms with Crippen LogP contribution in [0.3, 0.4) is 0 Å². The molecule has 0 aliphatic carbocycles. The van der Waals surface area contributed by atoms with Crippen LogP contribution in [0.5, 0.6) is 5.88 Å². The third-order valence-corrected chi connectivity index (χ3v) is 3.21. The van der Waals surface area contributed by atoms with Crippen molar-refractivity contribution in [3.8, 4) is 5.88 Å². The van der Waals surface area contributed by atoms with Gasteiger partial charge in [-0.15, -0.1) is 0 Å². The summed E-state index contributed by atoms with van der Waals surface area (Å²) >= 11 is 0. The minimum Gasteiger partial charge on any atom is -0.481 e. The smallest absolute Gasteiger partial charge is 0.308 e. The van der Waals surface area contributed by atoms with Crippen LogP contribution in [0.1, 0.15) is 20.8 Å². The summed E-state index contributed by atoms with van der Waals surface area (Å²) in [5.74, 6) is 0.149. The van der Waals surface area contributed by atoms with Crippen molar-refractivity contribution in [2.45, 2.75) is 26.9 Å². The maximum Gasteiger partial charge on any atom is 0.308 e. The molecule has 0 radical (unpaired) electrons. The van der Waals surface area contributed by atoms with Crippen molar-refractivity contribution in [3.05, 3.63) is 12.4 Å². The van der Waals surface area contributed by atoms with Gasteiger partial charge < -0.3 is 14.7 Å². The topological polar surface area (TPSA) is 75.5 Å². The average Bonchev–Trinajstić information content (AvgIpc) is 2.71. The van der Waals surface area contributed by atoms with E-state index in [4.69, 9.17) is 9.84 Å². The molecule has 0 spiro atoms. The Kier molecular flexibility index (Phi) is 3.87. The van der Waals surface area contributed by atoms with Crippen LogP contribution in [-0.4, -0.2) is 40.2 Å². The summed E-state index contributed by atoms with van der Waals surface area (Å²) in [5.41, 5.74) is 0. The van der Waals surface area contributed by atoms with Crippen molar-refractivity contribution in [2.75, 3.05) is 18.0 Å².